The molecule has 0 saturated heterocycles. The summed E-state index contributed by atoms with van der Waals surface area (Å²) < 4.78 is 0. The molecule has 0 unspecified atom stereocenters. The summed E-state index contributed by atoms with van der Waals surface area (Å²) in [5.41, 5.74) is 1.19. The van der Waals surface area contributed by atoms with E-state index in [1.54, 1.807) is 0 Å². The molecule has 0 amide bonds. The summed E-state index contributed by atoms with van der Waals surface area (Å²) in [5.74, 6) is 0. The van der Waals surface area contributed by atoms with Crippen LogP contribution in [0.15, 0.2) is 12.2 Å². The average molecular weight is 150 g/mol. The minimum atomic E-state index is 0. The van der Waals surface area contributed by atoms with E-state index >= 15 is 0 Å². The van der Waals surface area contributed by atoms with Gasteiger partial charge in [0.05, 0.1) is 0 Å². The molecular weight excluding hydrogens is 135 g/mol. The second-order valence-corrected chi connectivity index (χ2v) is 2.19. The van der Waals surface area contributed by atoms with Crippen LogP contribution in [0.5, 0.6) is 0 Å². The standard InChI is InChI=1S/C8H15.K/c1-4-5-6-7-8(2)3;/h7H,2,4-6H2,1,3H3;/q;+1. The van der Waals surface area contributed by atoms with Gasteiger partial charge in [0, 0.05) is 0 Å². The molecule has 0 nitrogen and oxygen atoms in total. The van der Waals surface area contributed by atoms with E-state index in [1.165, 1.54) is 24.8 Å². The summed E-state index contributed by atoms with van der Waals surface area (Å²) in [6.07, 6.45) is 5.96. The van der Waals surface area contributed by atoms with Gasteiger partial charge in [-0.25, -0.2) is 0 Å². The Morgan fingerprint density at radius 3 is 2.44 bits per heavy atom. The molecule has 47 valence electrons. The van der Waals surface area contributed by atoms with E-state index in [2.05, 4.69) is 19.9 Å². The van der Waals surface area contributed by atoms with Gasteiger partial charge in [-0.3, -0.25) is 0 Å². The van der Waals surface area contributed by atoms with Crippen molar-refractivity contribution in [1.29, 1.82) is 0 Å². The molecule has 0 aromatic rings. The van der Waals surface area contributed by atoms with Crippen LogP contribution in [-0.2, 0) is 0 Å². The molecule has 0 aromatic heterocycles. The van der Waals surface area contributed by atoms with Crippen molar-refractivity contribution in [2.24, 2.45) is 0 Å². The normalized spacial score (nSPS) is 8.22. The molecule has 0 spiro atoms. The number of unbranched alkanes of at least 4 members (excludes halogenated alkanes) is 2. The third-order valence-electron chi connectivity index (χ3n) is 1.05. The molecule has 0 saturated carbocycles. The maximum Gasteiger partial charge on any atom is 1.00 e. The van der Waals surface area contributed by atoms with Crippen molar-refractivity contribution in [2.45, 2.75) is 33.1 Å². The molecule has 1 heteroatoms. The Hall–Kier alpha value is 1.38. The van der Waals surface area contributed by atoms with E-state index < -0.39 is 0 Å². The first kappa shape index (κ1) is 13.0. The average Bonchev–Trinajstić information content (AvgIpc) is 1.66. The third kappa shape index (κ3) is 12.5. The summed E-state index contributed by atoms with van der Waals surface area (Å²) in [7, 11) is 0. The van der Waals surface area contributed by atoms with Crippen LogP contribution in [0.4, 0.5) is 0 Å². The quantitative estimate of drug-likeness (QED) is 0.390. The molecule has 0 fully saturated rings. The molecule has 0 aliphatic rings. The Morgan fingerprint density at radius 1 is 1.56 bits per heavy atom. The number of hydrogen-bond acceptors (Lipinski definition) is 0. The predicted molar refractivity (Wildman–Crippen MR) is 38.6 cm³/mol. The Kier molecular flexibility index (Phi) is 13.5. The molecule has 0 aliphatic heterocycles. The summed E-state index contributed by atoms with van der Waals surface area (Å²) in [5, 5.41) is 0. The van der Waals surface area contributed by atoms with Crippen LogP contribution in [0, 0.1) is 6.42 Å². The zero-order valence-corrected chi connectivity index (χ0v) is 10.0. The fourth-order valence-corrected chi connectivity index (χ4v) is 0.553. The summed E-state index contributed by atoms with van der Waals surface area (Å²) in [6.45, 7) is 8.01. The summed E-state index contributed by atoms with van der Waals surface area (Å²) in [4.78, 5) is 0. The van der Waals surface area contributed by atoms with E-state index in [4.69, 9.17) is 0 Å². The van der Waals surface area contributed by atoms with Crippen molar-refractivity contribution >= 4 is 0 Å². The van der Waals surface area contributed by atoms with Crippen LogP contribution in [0.25, 0.3) is 0 Å². The third-order valence-corrected chi connectivity index (χ3v) is 1.05. The van der Waals surface area contributed by atoms with Gasteiger partial charge < -0.3 is 0 Å². The van der Waals surface area contributed by atoms with E-state index in [1.807, 2.05) is 6.92 Å². The zero-order valence-electron chi connectivity index (χ0n) is 6.91. The minimum Gasteiger partial charge on any atom is -0.0998 e. The van der Waals surface area contributed by atoms with Crippen molar-refractivity contribution in [3.05, 3.63) is 18.6 Å². The predicted octanol–water partition coefficient (Wildman–Crippen LogP) is -0.0390. The van der Waals surface area contributed by atoms with Gasteiger partial charge in [0.1, 0.15) is 0 Å². The second-order valence-electron chi connectivity index (χ2n) is 2.19. The first-order valence-corrected chi connectivity index (χ1v) is 3.26. The Bertz CT molecular complexity index is 67.0. The Morgan fingerprint density at radius 2 is 2.11 bits per heavy atom. The maximum absolute atomic E-state index is 3.77. The van der Waals surface area contributed by atoms with Crippen LogP contribution < -0.4 is 51.4 Å². The molecule has 0 bridgehead atoms. The monoisotopic (exact) mass is 150 g/mol. The summed E-state index contributed by atoms with van der Waals surface area (Å²) >= 11 is 0. The van der Waals surface area contributed by atoms with Gasteiger partial charge in [-0.05, 0) is 19.8 Å². The van der Waals surface area contributed by atoms with Crippen molar-refractivity contribution in [3.63, 3.8) is 0 Å². The molecular formula is C8H15K+. The van der Waals surface area contributed by atoms with Crippen LogP contribution in [-0.4, -0.2) is 0 Å². The minimum absolute atomic E-state index is 0. The topological polar surface area (TPSA) is 0 Å². The van der Waals surface area contributed by atoms with Gasteiger partial charge in [0.15, 0.2) is 0 Å². The van der Waals surface area contributed by atoms with E-state index in [9.17, 15) is 0 Å². The molecule has 1 radical (unpaired) electrons. The smallest absolute Gasteiger partial charge is 0.0998 e. The van der Waals surface area contributed by atoms with E-state index in [-0.39, 0.29) is 51.4 Å². The first-order chi connectivity index (χ1) is 3.77. The van der Waals surface area contributed by atoms with Gasteiger partial charge in [-0.2, -0.15) is 0 Å². The van der Waals surface area contributed by atoms with Crippen LogP contribution >= 0.6 is 0 Å². The van der Waals surface area contributed by atoms with Crippen molar-refractivity contribution in [1.82, 2.24) is 0 Å². The van der Waals surface area contributed by atoms with Crippen LogP contribution in [0.3, 0.4) is 0 Å². The Balaban J connectivity index is 0. The molecule has 9 heavy (non-hydrogen) atoms. The van der Waals surface area contributed by atoms with Crippen LogP contribution in [0.1, 0.15) is 33.1 Å². The SMILES string of the molecule is C=C(C)[CH]CCCC.[K+]. The van der Waals surface area contributed by atoms with Gasteiger partial charge in [-0.1, -0.05) is 31.9 Å². The van der Waals surface area contributed by atoms with Gasteiger partial charge in [0.25, 0.3) is 0 Å². The van der Waals surface area contributed by atoms with Crippen LogP contribution in [0.2, 0.25) is 0 Å². The molecule has 0 rings (SSSR count). The largest absolute Gasteiger partial charge is 1.00 e. The number of hydrogen-bond donors (Lipinski definition) is 0. The molecule has 0 N–H and O–H groups in total. The molecule has 0 aromatic carbocycles. The van der Waals surface area contributed by atoms with Gasteiger partial charge in [-0.15, -0.1) is 0 Å². The molecule has 0 aliphatic carbocycles. The van der Waals surface area contributed by atoms with Gasteiger partial charge >= 0.3 is 51.4 Å². The van der Waals surface area contributed by atoms with Crippen molar-refractivity contribution in [3.8, 4) is 0 Å². The number of allylic oxidation sites excluding steroid dienone is 1. The van der Waals surface area contributed by atoms with Crippen molar-refractivity contribution in [2.75, 3.05) is 0 Å². The zero-order chi connectivity index (χ0) is 6.41. The number of rotatable bonds is 4. The first-order valence-electron chi connectivity index (χ1n) is 3.26. The fraction of sp³-hybridized carbons (Fsp3) is 0.625. The van der Waals surface area contributed by atoms with Crippen molar-refractivity contribution < 1.29 is 51.4 Å². The maximum atomic E-state index is 3.77. The second kappa shape index (κ2) is 9.38. The molecule has 0 heterocycles. The fourth-order valence-electron chi connectivity index (χ4n) is 0.553. The Labute approximate surface area is 102 Å². The van der Waals surface area contributed by atoms with Gasteiger partial charge in [0.2, 0.25) is 0 Å². The summed E-state index contributed by atoms with van der Waals surface area (Å²) in [6, 6.07) is 0. The van der Waals surface area contributed by atoms with E-state index in [0.29, 0.717) is 0 Å². The van der Waals surface area contributed by atoms with E-state index in [0.717, 1.165) is 0 Å². The molecule has 0 atom stereocenters.